The summed E-state index contributed by atoms with van der Waals surface area (Å²) in [6.45, 7) is 7.45. The lowest BCUT2D eigenvalue weighted by atomic mass is 9.93. The number of carbonyl (C=O) groups excluding carboxylic acids is 6. The van der Waals surface area contributed by atoms with Crippen LogP contribution in [0.2, 0.25) is 0 Å². The Balaban J connectivity index is 1.88. The molecular weight excluding hydrogens is 496 g/mol. The van der Waals surface area contributed by atoms with Crippen molar-refractivity contribution in [2.45, 2.75) is 103 Å². The molecule has 0 radical (unpaired) electrons. The van der Waals surface area contributed by atoms with E-state index in [1.165, 1.54) is 16.9 Å². The maximum Gasteiger partial charge on any atom is 0.341 e. The van der Waals surface area contributed by atoms with Crippen LogP contribution in [-0.2, 0) is 38.2 Å². The van der Waals surface area contributed by atoms with Crippen molar-refractivity contribution in [1.29, 1.82) is 0 Å². The molecule has 2 fully saturated rings. The highest BCUT2D eigenvalue weighted by molar-refractivity contribution is 6.10. The SMILES string of the molecule is COC(=O)[C@]1(C(=O)NC(C)C)CCCN1C(=O)CCCCC(=O)N1CCC[C@@H]1C(=O)OCC(=O)NC(C)C. The zero-order valence-electron chi connectivity index (χ0n) is 23.2. The number of nitrogens with one attached hydrogen (secondary N) is 2. The predicted octanol–water partition coefficient (Wildman–Crippen LogP) is 0.664. The van der Waals surface area contributed by atoms with Gasteiger partial charge in [0.1, 0.15) is 6.04 Å². The monoisotopic (exact) mass is 538 g/mol. The summed E-state index contributed by atoms with van der Waals surface area (Å²) in [5.41, 5.74) is -1.68. The Morgan fingerprint density at radius 2 is 1.53 bits per heavy atom. The smallest absolute Gasteiger partial charge is 0.341 e. The van der Waals surface area contributed by atoms with Crippen molar-refractivity contribution < 1.29 is 38.2 Å². The molecule has 4 amide bonds. The van der Waals surface area contributed by atoms with Gasteiger partial charge in [0.2, 0.25) is 17.4 Å². The summed E-state index contributed by atoms with van der Waals surface area (Å²) < 4.78 is 10.0. The van der Waals surface area contributed by atoms with E-state index < -0.39 is 41.9 Å². The fourth-order valence-electron chi connectivity index (χ4n) is 4.99. The molecule has 12 nitrogen and oxygen atoms in total. The first-order chi connectivity index (χ1) is 17.9. The summed E-state index contributed by atoms with van der Waals surface area (Å²) >= 11 is 0. The van der Waals surface area contributed by atoms with Gasteiger partial charge in [-0.05, 0) is 66.2 Å². The van der Waals surface area contributed by atoms with Crippen molar-refractivity contribution in [2.75, 3.05) is 26.8 Å². The quantitative estimate of drug-likeness (QED) is 0.209. The van der Waals surface area contributed by atoms with Crippen LogP contribution >= 0.6 is 0 Å². The minimum atomic E-state index is -1.68. The van der Waals surface area contributed by atoms with Gasteiger partial charge in [0.05, 0.1) is 7.11 Å². The molecular formula is C26H42N4O8. The first-order valence-corrected chi connectivity index (χ1v) is 13.4. The Morgan fingerprint density at radius 3 is 2.13 bits per heavy atom. The summed E-state index contributed by atoms with van der Waals surface area (Å²) in [4.78, 5) is 78.5. The third-order valence-corrected chi connectivity index (χ3v) is 6.67. The molecule has 0 unspecified atom stereocenters. The highest BCUT2D eigenvalue weighted by Crippen LogP contribution is 2.32. The number of ether oxygens (including phenoxy) is 2. The highest BCUT2D eigenvalue weighted by atomic mass is 16.5. The van der Waals surface area contributed by atoms with Crippen LogP contribution in [0.4, 0.5) is 0 Å². The minimum absolute atomic E-state index is 0.0669. The van der Waals surface area contributed by atoms with Gasteiger partial charge in [0, 0.05) is 38.0 Å². The Labute approximate surface area is 224 Å². The van der Waals surface area contributed by atoms with Crippen LogP contribution in [-0.4, -0.2) is 95.8 Å². The van der Waals surface area contributed by atoms with Gasteiger partial charge in [-0.1, -0.05) is 0 Å². The molecule has 2 heterocycles. The molecule has 38 heavy (non-hydrogen) atoms. The van der Waals surface area contributed by atoms with E-state index in [1.807, 2.05) is 0 Å². The topological polar surface area (TPSA) is 151 Å². The van der Waals surface area contributed by atoms with Gasteiger partial charge in [-0.2, -0.15) is 0 Å². The molecule has 0 aromatic carbocycles. The summed E-state index contributed by atoms with van der Waals surface area (Å²) in [7, 11) is 1.20. The van der Waals surface area contributed by atoms with Crippen LogP contribution in [0.5, 0.6) is 0 Å². The third kappa shape index (κ3) is 7.67. The number of rotatable bonds is 12. The molecule has 0 aliphatic carbocycles. The van der Waals surface area contributed by atoms with Gasteiger partial charge in [-0.3, -0.25) is 19.2 Å². The van der Waals surface area contributed by atoms with Crippen LogP contribution in [0.25, 0.3) is 0 Å². The van der Waals surface area contributed by atoms with E-state index in [-0.39, 0.29) is 49.7 Å². The molecule has 0 saturated carbocycles. The van der Waals surface area contributed by atoms with Gasteiger partial charge in [-0.25, -0.2) is 9.59 Å². The number of carbonyl (C=O) groups is 6. The van der Waals surface area contributed by atoms with Crippen LogP contribution in [0.15, 0.2) is 0 Å². The molecule has 0 aromatic heterocycles. The third-order valence-electron chi connectivity index (χ3n) is 6.67. The van der Waals surface area contributed by atoms with Gasteiger partial charge < -0.3 is 29.9 Å². The van der Waals surface area contributed by atoms with E-state index in [4.69, 9.17) is 9.47 Å². The zero-order chi connectivity index (χ0) is 28.5. The maximum atomic E-state index is 13.1. The van der Waals surface area contributed by atoms with Crippen LogP contribution in [0, 0.1) is 0 Å². The molecule has 0 bridgehead atoms. The molecule has 2 aliphatic heterocycles. The lowest BCUT2D eigenvalue weighted by molar-refractivity contribution is -0.165. The van der Waals surface area contributed by atoms with Crippen molar-refractivity contribution >= 4 is 35.6 Å². The molecule has 2 aliphatic rings. The second kappa shape index (κ2) is 14.1. The Morgan fingerprint density at radius 1 is 0.895 bits per heavy atom. The largest absolute Gasteiger partial charge is 0.467 e. The van der Waals surface area contributed by atoms with Crippen LogP contribution in [0.3, 0.4) is 0 Å². The number of likely N-dealkylation sites (tertiary alicyclic amines) is 2. The number of unbranched alkanes of at least 4 members (excludes halogenated alkanes) is 1. The number of nitrogens with zero attached hydrogens (tertiary/aromatic N) is 2. The van der Waals surface area contributed by atoms with E-state index in [1.54, 1.807) is 27.7 Å². The predicted molar refractivity (Wildman–Crippen MR) is 136 cm³/mol. The van der Waals surface area contributed by atoms with Crippen LogP contribution < -0.4 is 10.6 Å². The number of esters is 2. The van der Waals surface area contributed by atoms with Gasteiger partial charge in [0.15, 0.2) is 6.61 Å². The van der Waals surface area contributed by atoms with Crippen molar-refractivity contribution in [3.8, 4) is 0 Å². The summed E-state index contributed by atoms with van der Waals surface area (Å²) in [6.07, 6.45) is 2.80. The van der Waals surface area contributed by atoms with Crippen molar-refractivity contribution in [1.82, 2.24) is 20.4 Å². The standard InChI is InChI=1S/C26H42N4O8/c1-17(2)27-20(31)16-38-23(34)19-10-8-14-29(19)21(32)11-6-7-12-22(33)30-15-9-13-26(30,25(36)37-5)24(35)28-18(3)4/h17-19H,6-16H2,1-5H3,(H,27,31)(H,28,35)/t19-,26-/m1/s1. The first kappa shape index (κ1) is 31.0. The second-order valence-electron chi connectivity index (χ2n) is 10.4. The van der Waals surface area contributed by atoms with E-state index in [9.17, 15) is 28.8 Å². The summed E-state index contributed by atoms with van der Waals surface area (Å²) in [5.74, 6) is -2.87. The maximum absolute atomic E-state index is 13.1. The Hall–Kier alpha value is -3.18. The number of hydrogen-bond acceptors (Lipinski definition) is 8. The van der Waals surface area contributed by atoms with E-state index in [2.05, 4.69) is 10.6 Å². The van der Waals surface area contributed by atoms with E-state index in [0.717, 1.165) is 0 Å². The fourth-order valence-corrected chi connectivity index (χ4v) is 4.99. The molecule has 2 N–H and O–H groups in total. The molecule has 214 valence electrons. The highest BCUT2D eigenvalue weighted by Gasteiger charge is 2.56. The summed E-state index contributed by atoms with van der Waals surface area (Å²) in [6, 6.07) is -1.01. The fraction of sp³-hybridized carbons (Fsp3) is 0.769. The molecule has 2 atom stereocenters. The van der Waals surface area contributed by atoms with Gasteiger partial charge in [0.25, 0.3) is 11.8 Å². The molecule has 12 heteroatoms. The van der Waals surface area contributed by atoms with E-state index >= 15 is 0 Å². The average molecular weight is 539 g/mol. The van der Waals surface area contributed by atoms with Gasteiger partial charge >= 0.3 is 11.9 Å². The normalized spacial score (nSPS) is 21.0. The van der Waals surface area contributed by atoms with Crippen molar-refractivity contribution in [2.24, 2.45) is 0 Å². The van der Waals surface area contributed by atoms with Crippen molar-refractivity contribution in [3.05, 3.63) is 0 Å². The van der Waals surface area contributed by atoms with Crippen LogP contribution in [0.1, 0.15) is 79.1 Å². The number of amides is 4. The molecule has 2 rings (SSSR count). The average Bonchev–Trinajstić information content (AvgIpc) is 3.52. The van der Waals surface area contributed by atoms with Gasteiger partial charge in [-0.15, -0.1) is 0 Å². The minimum Gasteiger partial charge on any atom is -0.467 e. The van der Waals surface area contributed by atoms with Crippen molar-refractivity contribution in [3.63, 3.8) is 0 Å². The Kier molecular flexibility index (Phi) is 11.5. The lowest BCUT2D eigenvalue weighted by Gasteiger charge is -2.35. The lowest BCUT2D eigenvalue weighted by Crippen LogP contribution is -2.63. The molecule has 0 aromatic rings. The van der Waals surface area contributed by atoms with E-state index in [0.29, 0.717) is 38.6 Å². The molecule has 2 saturated heterocycles. The number of hydrogen-bond donors (Lipinski definition) is 2. The Bertz CT molecular complexity index is 906. The molecule has 0 spiro atoms. The summed E-state index contributed by atoms with van der Waals surface area (Å²) in [5, 5.41) is 5.37. The first-order valence-electron chi connectivity index (χ1n) is 13.4. The second-order valence-corrected chi connectivity index (χ2v) is 10.4. The number of methoxy groups -OCH3 is 1. The zero-order valence-corrected chi connectivity index (χ0v) is 23.2.